The van der Waals surface area contributed by atoms with Gasteiger partial charge in [-0.1, -0.05) is 18.2 Å². The lowest BCUT2D eigenvalue weighted by Gasteiger charge is -2.07. The van der Waals surface area contributed by atoms with E-state index in [4.69, 9.17) is 0 Å². The highest BCUT2D eigenvalue weighted by molar-refractivity contribution is 6.05. The van der Waals surface area contributed by atoms with Crippen molar-refractivity contribution in [2.75, 3.05) is 5.32 Å². The van der Waals surface area contributed by atoms with Crippen LogP contribution in [-0.2, 0) is 0 Å². The average molecular weight is 271 g/mol. The van der Waals surface area contributed by atoms with Gasteiger partial charge in [0.1, 0.15) is 5.82 Å². The predicted octanol–water partition coefficient (Wildman–Crippen LogP) is 3.59. The molecule has 1 N–H and O–H groups in total. The van der Waals surface area contributed by atoms with Gasteiger partial charge in [-0.15, -0.1) is 0 Å². The second-order valence-corrected chi connectivity index (χ2v) is 4.56. The van der Waals surface area contributed by atoms with Crippen LogP contribution in [0.3, 0.4) is 0 Å². The van der Waals surface area contributed by atoms with E-state index in [1.807, 2.05) is 0 Å². The third-order valence-electron chi connectivity index (χ3n) is 2.96. The summed E-state index contributed by atoms with van der Waals surface area (Å²) in [6, 6.07) is 10.9. The van der Waals surface area contributed by atoms with Crippen LogP contribution in [0, 0.1) is 12.7 Å². The van der Waals surface area contributed by atoms with E-state index in [0.29, 0.717) is 16.8 Å². The Morgan fingerprint density at radius 2 is 1.80 bits per heavy atom. The molecule has 0 heterocycles. The van der Waals surface area contributed by atoms with Crippen molar-refractivity contribution in [1.29, 1.82) is 0 Å². The molecule has 0 spiro atoms. The zero-order chi connectivity index (χ0) is 14.7. The number of benzene rings is 2. The maximum absolute atomic E-state index is 13.4. The van der Waals surface area contributed by atoms with Crippen molar-refractivity contribution in [2.24, 2.45) is 0 Å². The molecule has 20 heavy (non-hydrogen) atoms. The van der Waals surface area contributed by atoms with Crippen molar-refractivity contribution in [3.05, 3.63) is 65.0 Å². The largest absolute Gasteiger partial charge is 0.322 e. The molecular weight excluding hydrogens is 257 g/mol. The molecule has 2 aromatic carbocycles. The van der Waals surface area contributed by atoms with Crippen molar-refractivity contribution in [3.8, 4) is 0 Å². The summed E-state index contributed by atoms with van der Waals surface area (Å²) in [7, 11) is 0. The molecule has 0 aromatic heterocycles. The van der Waals surface area contributed by atoms with E-state index in [1.54, 1.807) is 43.3 Å². The molecule has 0 fully saturated rings. The monoisotopic (exact) mass is 271 g/mol. The zero-order valence-electron chi connectivity index (χ0n) is 11.2. The summed E-state index contributed by atoms with van der Waals surface area (Å²) in [5.41, 5.74) is 1.74. The van der Waals surface area contributed by atoms with Crippen LogP contribution in [0.2, 0.25) is 0 Å². The summed E-state index contributed by atoms with van der Waals surface area (Å²) < 4.78 is 13.4. The van der Waals surface area contributed by atoms with E-state index in [0.717, 1.165) is 0 Å². The van der Waals surface area contributed by atoms with Crippen LogP contribution < -0.4 is 5.32 Å². The molecule has 0 aliphatic heterocycles. The summed E-state index contributed by atoms with van der Waals surface area (Å²) >= 11 is 0. The number of halogens is 1. The molecule has 0 unspecified atom stereocenters. The normalized spacial score (nSPS) is 10.2. The Bertz CT molecular complexity index is 680. The first-order valence-electron chi connectivity index (χ1n) is 6.16. The van der Waals surface area contributed by atoms with E-state index in [1.165, 1.54) is 13.0 Å². The fraction of sp³-hybridized carbons (Fsp3) is 0.125. The SMILES string of the molecule is CC(=O)c1cccc(NC(=O)c2ccc(C)c(F)c2)c1. The number of hydrogen-bond donors (Lipinski definition) is 1. The van der Waals surface area contributed by atoms with Gasteiger partial charge in [0.2, 0.25) is 0 Å². The average Bonchev–Trinajstić information content (AvgIpc) is 2.42. The van der Waals surface area contributed by atoms with Crippen LogP contribution in [0.1, 0.15) is 33.2 Å². The van der Waals surface area contributed by atoms with Crippen molar-refractivity contribution >= 4 is 17.4 Å². The highest BCUT2D eigenvalue weighted by Crippen LogP contribution is 2.14. The lowest BCUT2D eigenvalue weighted by atomic mass is 10.1. The Hall–Kier alpha value is -2.49. The number of nitrogens with one attached hydrogen (secondary N) is 1. The number of anilines is 1. The Morgan fingerprint density at radius 1 is 1.05 bits per heavy atom. The summed E-state index contributed by atoms with van der Waals surface area (Å²) in [6.07, 6.45) is 0. The van der Waals surface area contributed by atoms with E-state index < -0.39 is 11.7 Å². The Morgan fingerprint density at radius 3 is 2.45 bits per heavy atom. The van der Waals surface area contributed by atoms with E-state index in [9.17, 15) is 14.0 Å². The first-order chi connectivity index (χ1) is 9.47. The molecule has 3 nitrogen and oxygen atoms in total. The van der Waals surface area contributed by atoms with Gasteiger partial charge in [-0.3, -0.25) is 9.59 Å². The highest BCUT2D eigenvalue weighted by atomic mass is 19.1. The summed E-state index contributed by atoms with van der Waals surface area (Å²) in [4.78, 5) is 23.3. The molecule has 0 radical (unpaired) electrons. The van der Waals surface area contributed by atoms with Gasteiger partial charge in [-0.2, -0.15) is 0 Å². The fourth-order valence-corrected chi connectivity index (χ4v) is 1.75. The second kappa shape index (κ2) is 5.65. The van der Waals surface area contributed by atoms with E-state index in [-0.39, 0.29) is 11.3 Å². The molecule has 0 aliphatic carbocycles. The molecule has 2 rings (SSSR count). The minimum Gasteiger partial charge on any atom is -0.322 e. The summed E-state index contributed by atoms with van der Waals surface area (Å²) in [5.74, 6) is -0.915. The van der Waals surface area contributed by atoms with Crippen LogP contribution in [0.5, 0.6) is 0 Å². The number of ketones is 1. The van der Waals surface area contributed by atoms with Gasteiger partial charge in [-0.05, 0) is 43.7 Å². The van der Waals surface area contributed by atoms with Crippen molar-refractivity contribution < 1.29 is 14.0 Å². The van der Waals surface area contributed by atoms with Gasteiger partial charge in [0, 0.05) is 16.8 Å². The van der Waals surface area contributed by atoms with Gasteiger partial charge in [-0.25, -0.2) is 4.39 Å². The number of aryl methyl sites for hydroxylation is 1. The van der Waals surface area contributed by atoms with Crippen LogP contribution in [0.15, 0.2) is 42.5 Å². The first-order valence-corrected chi connectivity index (χ1v) is 6.16. The number of carbonyl (C=O) groups excluding carboxylic acids is 2. The zero-order valence-corrected chi connectivity index (χ0v) is 11.2. The molecule has 0 saturated heterocycles. The second-order valence-electron chi connectivity index (χ2n) is 4.56. The molecular formula is C16H14FNO2. The minimum atomic E-state index is -0.421. The number of rotatable bonds is 3. The smallest absolute Gasteiger partial charge is 0.255 e. The molecule has 0 saturated carbocycles. The molecule has 1 amide bonds. The third-order valence-corrected chi connectivity index (χ3v) is 2.96. The third kappa shape index (κ3) is 3.09. The quantitative estimate of drug-likeness (QED) is 0.867. The number of hydrogen-bond acceptors (Lipinski definition) is 2. The van der Waals surface area contributed by atoms with Crippen LogP contribution in [0.4, 0.5) is 10.1 Å². The standard InChI is InChI=1S/C16H14FNO2/c1-10-6-7-13(9-15(10)17)16(20)18-14-5-3-4-12(8-14)11(2)19/h3-9H,1-2H3,(H,18,20). The van der Waals surface area contributed by atoms with Crippen LogP contribution in [-0.4, -0.2) is 11.7 Å². The summed E-state index contributed by atoms with van der Waals surface area (Å²) in [6.45, 7) is 3.09. The Labute approximate surface area is 116 Å². The molecule has 4 heteroatoms. The maximum atomic E-state index is 13.4. The Balaban J connectivity index is 2.21. The molecule has 0 aliphatic rings. The molecule has 102 valence electrons. The van der Waals surface area contributed by atoms with Crippen LogP contribution >= 0.6 is 0 Å². The summed E-state index contributed by atoms with van der Waals surface area (Å²) in [5, 5.41) is 2.64. The van der Waals surface area contributed by atoms with Gasteiger partial charge in [0.15, 0.2) is 5.78 Å². The topological polar surface area (TPSA) is 46.2 Å². The molecule has 2 aromatic rings. The van der Waals surface area contributed by atoms with Gasteiger partial charge in [0.25, 0.3) is 5.91 Å². The lowest BCUT2D eigenvalue weighted by Crippen LogP contribution is -2.12. The van der Waals surface area contributed by atoms with Gasteiger partial charge in [0.05, 0.1) is 0 Å². The van der Waals surface area contributed by atoms with Gasteiger partial charge < -0.3 is 5.32 Å². The minimum absolute atomic E-state index is 0.0810. The number of amides is 1. The van der Waals surface area contributed by atoms with E-state index >= 15 is 0 Å². The first kappa shape index (κ1) is 13.9. The van der Waals surface area contributed by atoms with Crippen molar-refractivity contribution in [3.63, 3.8) is 0 Å². The van der Waals surface area contributed by atoms with Gasteiger partial charge >= 0.3 is 0 Å². The van der Waals surface area contributed by atoms with Crippen molar-refractivity contribution in [2.45, 2.75) is 13.8 Å². The highest BCUT2D eigenvalue weighted by Gasteiger charge is 2.09. The number of Topliss-reactive ketones (excluding diaryl/α,β-unsaturated/α-hetero) is 1. The number of carbonyl (C=O) groups is 2. The Kier molecular flexibility index (Phi) is 3.94. The maximum Gasteiger partial charge on any atom is 0.255 e. The predicted molar refractivity (Wildman–Crippen MR) is 75.5 cm³/mol. The van der Waals surface area contributed by atoms with E-state index in [2.05, 4.69) is 5.32 Å². The van der Waals surface area contributed by atoms with Crippen molar-refractivity contribution in [1.82, 2.24) is 0 Å². The molecule has 0 bridgehead atoms. The fourth-order valence-electron chi connectivity index (χ4n) is 1.75. The van der Waals surface area contributed by atoms with Crippen LogP contribution in [0.25, 0.3) is 0 Å². The molecule has 0 atom stereocenters. The lowest BCUT2D eigenvalue weighted by molar-refractivity contribution is 0.101.